The van der Waals surface area contributed by atoms with Crippen LogP contribution >= 0.6 is 11.8 Å². The minimum Gasteiger partial charge on any atom is -0.468 e. The zero-order valence-corrected chi connectivity index (χ0v) is 12.7. The lowest BCUT2D eigenvalue weighted by atomic mass is 9.48. The number of thioether (sulfide) groups is 1. The molecule has 4 fully saturated rings. The molecule has 2 nitrogen and oxygen atoms in total. The summed E-state index contributed by atoms with van der Waals surface area (Å²) >= 11 is 1.72. The van der Waals surface area contributed by atoms with Crippen molar-refractivity contribution in [3.63, 3.8) is 0 Å². The fourth-order valence-electron chi connectivity index (χ4n) is 5.24. The van der Waals surface area contributed by atoms with Crippen LogP contribution in [-0.2, 0) is 10.5 Å². The summed E-state index contributed by atoms with van der Waals surface area (Å²) in [5.74, 6) is 5.60. The number of hydrogen-bond donors (Lipinski definition) is 0. The number of Topliss-reactive ketones (excluding diaryl/α,β-unsaturated/α-hetero) is 1. The highest BCUT2D eigenvalue weighted by Crippen LogP contribution is 2.60. The maximum atomic E-state index is 12.8. The molecule has 3 heteroatoms. The third kappa shape index (κ3) is 2.24. The second-order valence-corrected chi connectivity index (χ2v) is 8.18. The molecular formula is C17H22O2S. The summed E-state index contributed by atoms with van der Waals surface area (Å²) in [4.78, 5) is 12.8. The number of carbonyl (C=O) groups is 1. The van der Waals surface area contributed by atoms with E-state index < -0.39 is 0 Å². The molecule has 0 aromatic carbocycles. The topological polar surface area (TPSA) is 30.2 Å². The Hall–Kier alpha value is -0.700. The van der Waals surface area contributed by atoms with Gasteiger partial charge in [-0.3, -0.25) is 4.79 Å². The second kappa shape index (κ2) is 4.94. The largest absolute Gasteiger partial charge is 0.468 e. The summed E-state index contributed by atoms with van der Waals surface area (Å²) < 4.78 is 5.33. The van der Waals surface area contributed by atoms with Crippen molar-refractivity contribution >= 4 is 17.5 Å². The van der Waals surface area contributed by atoms with Crippen LogP contribution < -0.4 is 0 Å². The number of carbonyl (C=O) groups excluding carboxylic acids is 1. The van der Waals surface area contributed by atoms with Gasteiger partial charge in [-0.15, -0.1) is 11.8 Å². The van der Waals surface area contributed by atoms with E-state index in [1.807, 2.05) is 12.1 Å². The van der Waals surface area contributed by atoms with Gasteiger partial charge in [0.05, 0.1) is 17.8 Å². The van der Waals surface area contributed by atoms with E-state index in [4.69, 9.17) is 4.42 Å². The van der Waals surface area contributed by atoms with Crippen LogP contribution in [0.2, 0.25) is 0 Å². The van der Waals surface area contributed by atoms with Crippen LogP contribution in [0.25, 0.3) is 0 Å². The smallest absolute Gasteiger partial charge is 0.148 e. The minimum absolute atomic E-state index is 0.0743. The summed E-state index contributed by atoms with van der Waals surface area (Å²) in [6.07, 6.45) is 9.51. The molecular weight excluding hydrogens is 268 g/mol. The summed E-state index contributed by atoms with van der Waals surface area (Å²) in [6.45, 7) is 0. The summed E-state index contributed by atoms with van der Waals surface area (Å²) in [5.41, 5.74) is 0.0743. The predicted molar refractivity (Wildman–Crippen MR) is 80.5 cm³/mol. The Morgan fingerprint density at radius 3 is 2.40 bits per heavy atom. The molecule has 1 aromatic heterocycles. The zero-order valence-electron chi connectivity index (χ0n) is 11.8. The third-order valence-electron chi connectivity index (χ3n) is 5.69. The minimum atomic E-state index is 0.0743. The maximum absolute atomic E-state index is 12.8. The van der Waals surface area contributed by atoms with Gasteiger partial charge in [0.2, 0.25) is 0 Å². The molecule has 4 aliphatic carbocycles. The van der Waals surface area contributed by atoms with E-state index in [1.54, 1.807) is 18.0 Å². The lowest BCUT2D eigenvalue weighted by Crippen LogP contribution is -2.50. The molecule has 0 spiro atoms. The first kappa shape index (κ1) is 13.0. The molecule has 0 radical (unpaired) electrons. The summed E-state index contributed by atoms with van der Waals surface area (Å²) in [7, 11) is 0. The van der Waals surface area contributed by atoms with Gasteiger partial charge in [0.1, 0.15) is 11.5 Å². The fraction of sp³-hybridized carbons (Fsp3) is 0.706. The van der Waals surface area contributed by atoms with Gasteiger partial charge in [0.25, 0.3) is 0 Å². The van der Waals surface area contributed by atoms with E-state index in [0.29, 0.717) is 11.5 Å². The van der Waals surface area contributed by atoms with Crippen LogP contribution in [0.3, 0.4) is 0 Å². The highest BCUT2D eigenvalue weighted by atomic mass is 32.2. The van der Waals surface area contributed by atoms with Crippen LogP contribution in [0.15, 0.2) is 22.8 Å². The van der Waals surface area contributed by atoms with Gasteiger partial charge >= 0.3 is 0 Å². The van der Waals surface area contributed by atoms with Crippen molar-refractivity contribution in [2.24, 2.45) is 23.2 Å². The van der Waals surface area contributed by atoms with E-state index in [0.717, 1.165) is 29.3 Å². The van der Waals surface area contributed by atoms with E-state index in [1.165, 1.54) is 38.5 Å². The summed E-state index contributed by atoms with van der Waals surface area (Å²) in [6, 6.07) is 3.90. The van der Waals surface area contributed by atoms with Gasteiger partial charge in [0, 0.05) is 5.41 Å². The Bertz CT molecular complexity index is 456. The average molecular weight is 290 g/mol. The van der Waals surface area contributed by atoms with Crippen molar-refractivity contribution in [2.75, 3.05) is 5.75 Å². The van der Waals surface area contributed by atoms with Crippen molar-refractivity contribution in [3.05, 3.63) is 24.2 Å². The average Bonchev–Trinajstić information content (AvgIpc) is 2.90. The van der Waals surface area contributed by atoms with Crippen LogP contribution in [-0.4, -0.2) is 11.5 Å². The number of rotatable bonds is 5. The van der Waals surface area contributed by atoms with Gasteiger partial charge in [-0.25, -0.2) is 0 Å². The SMILES string of the molecule is O=C(CSCc1ccco1)C12CC3CC(CC(C3)C1)C2. The van der Waals surface area contributed by atoms with Gasteiger partial charge in [0.15, 0.2) is 0 Å². The van der Waals surface area contributed by atoms with E-state index >= 15 is 0 Å². The third-order valence-corrected chi connectivity index (χ3v) is 6.64. The van der Waals surface area contributed by atoms with Crippen molar-refractivity contribution in [1.82, 2.24) is 0 Å². The maximum Gasteiger partial charge on any atom is 0.148 e. The Morgan fingerprint density at radius 2 is 1.85 bits per heavy atom. The molecule has 20 heavy (non-hydrogen) atoms. The number of hydrogen-bond acceptors (Lipinski definition) is 3. The first-order valence-corrected chi connectivity index (χ1v) is 9.02. The van der Waals surface area contributed by atoms with Crippen LogP contribution in [0.1, 0.15) is 44.3 Å². The van der Waals surface area contributed by atoms with Crippen molar-refractivity contribution in [1.29, 1.82) is 0 Å². The van der Waals surface area contributed by atoms with Gasteiger partial charge in [-0.1, -0.05) is 0 Å². The van der Waals surface area contributed by atoms with Crippen molar-refractivity contribution in [3.8, 4) is 0 Å². The lowest BCUT2D eigenvalue weighted by molar-refractivity contribution is -0.141. The number of ketones is 1. The molecule has 4 saturated carbocycles. The van der Waals surface area contributed by atoms with Crippen LogP contribution in [0.5, 0.6) is 0 Å². The van der Waals surface area contributed by atoms with Crippen LogP contribution in [0.4, 0.5) is 0 Å². The molecule has 0 aliphatic heterocycles. The lowest BCUT2D eigenvalue weighted by Gasteiger charge is -2.56. The van der Waals surface area contributed by atoms with E-state index in [9.17, 15) is 4.79 Å². The van der Waals surface area contributed by atoms with Gasteiger partial charge < -0.3 is 4.42 Å². The Kier molecular flexibility index (Phi) is 3.21. The predicted octanol–water partition coefficient (Wildman–Crippen LogP) is 4.30. The highest BCUT2D eigenvalue weighted by Gasteiger charge is 2.53. The van der Waals surface area contributed by atoms with Crippen LogP contribution in [0, 0.1) is 23.2 Å². The molecule has 0 N–H and O–H groups in total. The first-order chi connectivity index (χ1) is 9.73. The molecule has 108 valence electrons. The molecule has 1 aromatic rings. The fourth-order valence-corrected chi connectivity index (χ4v) is 6.20. The Morgan fingerprint density at radius 1 is 1.20 bits per heavy atom. The molecule has 1 heterocycles. The van der Waals surface area contributed by atoms with Gasteiger partial charge in [-0.2, -0.15) is 0 Å². The second-order valence-electron chi connectivity index (χ2n) is 7.19. The van der Waals surface area contributed by atoms with E-state index in [2.05, 4.69) is 0 Å². The molecule has 0 amide bonds. The van der Waals surface area contributed by atoms with Gasteiger partial charge in [-0.05, 0) is 68.4 Å². The molecule has 0 saturated heterocycles. The Balaban J connectivity index is 1.38. The van der Waals surface area contributed by atoms with E-state index in [-0.39, 0.29) is 5.41 Å². The Labute approximate surface area is 124 Å². The summed E-state index contributed by atoms with van der Waals surface area (Å²) in [5, 5.41) is 0. The highest BCUT2D eigenvalue weighted by molar-refractivity contribution is 7.99. The van der Waals surface area contributed by atoms with Crippen molar-refractivity contribution < 1.29 is 9.21 Å². The molecule has 4 aliphatic rings. The number of furan rings is 1. The standard InChI is InChI=1S/C17H22O2S/c18-16(11-20-10-15-2-1-3-19-15)17-7-12-4-13(8-17)6-14(5-12)9-17/h1-3,12-14H,4-11H2. The molecule has 4 bridgehead atoms. The quantitative estimate of drug-likeness (QED) is 0.810. The molecule has 0 unspecified atom stereocenters. The first-order valence-electron chi connectivity index (χ1n) is 7.87. The monoisotopic (exact) mass is 290 g/mol. The molecule has 0 atom stereocenters. The van der Waals surface area contributed by atoms with Crippen molar-refractivity contribution in [2.45, 2.75) is 44.3 Å². The zero-order chi connectivity index (χ0) is 13.6. The normalized spacial score (nSPS) is 38.3. The molecule has 5 rings (SSSR count).